The van der Waals surface area contributed by atoms with Crippen LogP contribution in [-0.4, -0.2) is 60.3 Å². The number of β-amino-alcohol motifs (C(OH)–C–C–N with tert-alkyl or cyclic N) is 1. The van der Waals surface area contributed by atoms with Gasteiger partial charge in [0.2, 0.25) is 0 Å². The van der Waals surface area contributed by atoms with Crippen LogP contribution in [0, 0.1) is 0 Å². The molecular weight excluding hydrogens is 282 g/mol. The lowest BCUT2D eigenvalue weighted by Gasteiger charge is -2.37. The standard InChI is InChI=1S/C17H25NO4/c1-12-10-21-13(2)8-18(12)9-16(20)11-22-17-6-4-5-15(7-17)14(3)19/h4-7,12-13,16,20H,8-11H2,1-3H3/t12-,13-,16+/m0/s1. The van der Waals surface area contributed by atoms with Crippen molar-refractivity contribution in [3.8, 4) is 5.75 Å². The molecule has 3 atom stereocenters. The van der Waals surface area contributed by atoms with E-state index in [1.54, 1.807) is 24.3 Å². The Morgan fingerprint density at radius 1 is 1.50 bits per heavy atom. The number of rotatable bonds is 6. The summed E-state index contributed by atoms with van der Waals surface area (Å²) in [6.07, 6.45) is -0.384. The third kappa shape index (κ3) is 4.80. The minimum atomic E-state index is -0.575. The van der Waals surface area contributed by atoms with Crippen LogP contribution in [0.3, 0.4) is 0 Å². The molecule has 1 aromatic carbocycles. The summed E-state index contributed by atoms with van der Waals surface area (Å²) in [5, 5.41) is 10.2. The maximum atomic E-state index is 11.3. The molecule has 0 unspecified atom stereocenters. The van der Waals surface area contributed by atoms with Gasteiger partial charge >= 0.3 is 0 Å². The summed E-state index contributed by atoms with van der Waals surface area (Å²) in [4.78, 5) is 13.6. The third-order valence-electron chi connectivity index (χ3n) is 3.87. The van der Waals surface area contributed by atoms with Gasteiger partial charge in [0.05, 0.1) is 12.7 Å². The lowest BCUT2D eigenvalue weighted by Crippen LogP contribution is -2.50. The molecule has 1 aromatic rings. The second-order valence-corrected chi connectivity index (χ2v) is 6.00. The number of aliphatic hydroxyl groups excluding tert-OH is 1. The molecular formula is C17H25NO4. The Labute approximate surface area is 131 Å². The lowest BCUT2D eigenvalue weighted by atomic mass is 10.1. The summed E-state index contributed by atoms with van der Waals surface area (Å²) in [5.41, 5.74) is 0.614. The maximum Gasteiger partial charge on any atom is 0.159 e. The van der Waals surface area contributed by atoms with Gasteiger partial charge < -0.3 is 14.6 Å². The molecule has 0 aliphatic carbocycles. The Morgan fingerprint density at radius 3 is 3.00 bits per heavy atom. The molecule has 1 saturated heterocycles. The Morgan fingerprint density at radius 2 is 2.27 bits per heavy atom. The minimum absolute atomic E-state index is 0.00197. The lowest BCUT2D eigenvalue weighted by molar-refractivity contribution is -0.0650. The van der Waals surface area contributed by atoms with Gasteiger partial charge in [-0.15, -0.1) is 0 Å². The quantitative estimate of drug-likeness (QED) is 0.811. The average molecular weight is 307 g/mol. The van der Waals surface area contributed by atoms with Crippen molar-refractivity contribution in [2.45, 2.75) is 39.0 Å². The number of ether oxygens (including phenoxy) is 2. The van der Waals surface area contributed by atoms with E-state index in [0.29, 0.717) is 30.5 Å². The number of aliphatic hydroxyl groups is 1. The Bertz CT molecular complexity index is 505. The predicted octanol–water partition coefficient (Wildman–Crippen LogP) is 1.74. The van der Waals surface area contributed by atoms with Crippen molar-refractivity contribution < 1.29 is 19.4 Å². The zero-order chi connectivity index (χ0) is 16.1. The highest BCUT2D eigenvalue weighted by Gasteiger charge is 2.25. The Hall–Kier alpha value is -1.43. The van der Waals surface area contributed by atoms with Gasteiger partial charge in [0.25, 0.3) is 0 Å². The van der Waals surface area contributed by atoms with Crippen LogP contribution in [0.2, 0.25) is 0 Å². The number of hydrogen-bond acceptors (Lipinski definition) is 5. The van der Waals surface area contributed by atoms with E-state index in [2.05, 4.69) is 11.8 Å². The number of morpholine rings is 1. The second-order valence-electron chi connectivity index (χ2n) is 6.00. The van der Waals surface area contributed by atoms with E-state index in [-0.39, 0.29) is 18.5 Å². The monoisotopic (exact) mass is 307 g/mol. The molecule has 1 aliphatic heterocycles. The van der Waals surface area contributed by atoms with Gasteiger partial charge in [-0.2, -0.15) is 0 Å². The van der Waals surface area contributed by atoms with E-state index in [4.69, 9.17) is 9.47 Å². The molecule has 0 amide bonds. The van der Waals surface area contributed by atoms with Gasteiger partial charge in [0.1, 0.15) is 18.5 Å². The topological polar surface area (TPSA) is 59.0 Å². The van der Waals surface area contributed by atoms with E-state index in [1.165, 1.54) is 6.92 Å². The molecule has 2 rings (SSSR count). The zero-order valence-electron chi connectivity index (χ0n) is 13.5. The second kappa shape index (κ2) is 7.72. The fourth-order valence-corrected chi connectivity index (χ4v) is 2.55. The van der Waals surface area contributed by atoms with E-state index in [9.17, 15) is 9.90 Å². The van der Waals surface area contributed by atoms with E-state index in [0.717, 1.165) is 6.54 Å². The molecule has 5 heteroatoms. The summed E-state index contributed by atoms with van der Waals surface area (Å²) in [5.74, 6) is 0.609. The van der Waals surface area contributed by atoms with Gasteiger partial charge in [0.15, 0.2) is 5.78 Å². The van der Waals surface area contributed by atoms with Crippen LogP contribution in [0.4, 0.5) is 0 Å². The Balaban J connectivity index is 1.83. The van der Waals surface area contributed by atoms with Gasteiger partial charge in [-0.3, -0.25) is 9.69 Å². The first-order valence-electron chi connectivity index (χ1n) is 7.73. The number of hydrogen-bond donors (Lipinski definition) is 1. The highest BCUT2D eigenvalue weighted by molar-refractivity contribution is 5.94. The van der Waals surface area contributed by atoms with Crippen LogP contribution in [0.5, 0.6) is 5.75 Å². The normalized spacial score (nSPS) is 24.0. The molecule has 1 N–H and O–H groups in total. The van der Waals surface area contributed by atoms with E-state index >= 15 is 0 Å². The number of nitrogens with zero attached hydrogens (tertiary/aromatic N) is 1. The van der Waals surface area contributed by atoms with Crippen molar-refractivity contribution in [3.05, 3.63) is 29.8 Å². The van der Waals surface area contributed by atoms with Crippen molar-refractivity contribution in [1.29, 1.82) is 0 Å². The first-order chi connectivity index (χ1) is 10.5. The SMILES string of the molecule is CC(=O)c1cccc(OC[C@H](O)CN2C[C@H](C)OC[C@@H]2C)c1. The molecule has 0 bridgehead atoms. The van der Waals surface area contributed by atoms with Crippen molar-refractivity contribution in [2.24, 2.45) is 0 Å². The summed E-state index contributed by atoms with van der Waals surface area (Å²) in [6, 6.07) is 7.33. The van der Waals surface area contributed by atoms with Crippen LogP contribution in [0.25, 0.3) is 0 Å². The van der Waals surface area contributed by atoms with Gasteiger partial charge in [0, 0.05) is 24.7 Å². The summed E-state index contributed by atoms with van der Waals surface area (Å²) < 4.78 is 11.2. The molecule has 1 aliphatic rings. The van der Waals surface area contributed by atoms with Crippen LogP contribution >= 0.6 is 0 Å². The van der Waals surface area contributed by atoms with Crippen molar-refractivity contribution >= 4 is 5.78 Å². The fourth-order valence-electron chi connectivity index (χ4n) is 2.55. The maximum absolute atomic E-state index is 11.3. The predicted molar refractivity (Wildman–Crippen MR) is 84.4 cm³/mol. The Kier molecular flexibility index (Phi) is 5.94. The number of benzene rings is 1. The number of Topliss-reactive ketones (excluding diaryl/α,β-unsaturated/α-hetero) is 1. The third-order valence-corrected chi connectivity index (χ3v) is 3.87. The van der Waals surface area contributed by atoms with Crippen molar-refractivity contribution in [3.63, 3.8) is 0 Å². The van der Waals surface area contributed by atoms with Gasteiger partial charge in [-0.1, -0.05) is 12.1 Å². The number of carbonyl (C=O) groups is 1. The van der Waals surface area contributed by atoms with Crippen molar-refractivity contribution in [2.75, 3.05) is 26.3 Å². The van der Waals surface area contributed by atoms with Crippen LogP contribution in [0.1, 0.15) is 31.1 Å². The molecule has 1 heterocycles. The number of carbonyl (C=O) groups excluding carboxylic acids is 1. The molecule has 0 spiro atoms. The molecule has 122 valence electrons. The largest absolute Gasteiger partial charge is 0.491 e. The minimum Gasteiger partial charge on any atom is -0.491 e. The molecule has 0 radical (unpaired) electrons. The fraction of sp³-hybridized carbons (Fsp3) is 0.588. The zero-order valence-corrected chi connectivity index (χ0v) is 13.5. The van der Waals surface area contributed by atoms with Crippen LogP contribution in [-0.2, 0) is 4.74 Å². The van der Waals surface area contributed by atoms with E-state index in [1.807, 2.05) is 6.92 Å². The van der Waals surface area contributed by atoms with Crippen LogP contribution < -0.4 is 4.74 Å². The summed E-state index contributed by atoms with van der Waals surface area (Å²) in [7, 11) is 0. The number of ketones is 1. The summed E-state index contributed by atoms with van der Waals surface area (Å²) in [6.45, 7) is 7.92. The molecule has 1 fully saturated rings. The highest BCUT2D eigenvalue weighted by atomic mass is 16.5. The van der Waals surface area contributed by atoms with E-state index < -0.39 is 6.10 Å². The highest BCUT2D eigenvalue weighted by Crippen LogP contribution is 2.15. The first kappa shape index (κ1) is 16.9. The average Bonchev–Trinajstić information content (AvgIpc) is 2.49. The first-order valence-corrected chi connectivity index (χ1v) is 7.73. The van der Waals surface area contributed by atoms with Crippen molar-refractivity contribution in [1.82, 2.24) is 4.90 Å². The molecule has 5 nitrogen and oxygen atoms in total. The van der Waals surface area contributed by atoms with Gasteiger partial charge in [-0.25, -0.2) is 0 Å². The smallest absolute Gasteiger partial charge is 0.159 e. The van der Waals surface area contributed by atoms with Gasteiger partial charge in [-0.05, 0) is 32.9 Å². The summed E-state index contributed by atoms with van der Waals surface area (Å²) >= 11 is 0. The molecule has 22 heavy (non-hydrogen) atoms. The molecule has 0 saturated carbocycles. The molecule has 0 aromatic heterocycles. The van der Waals surface area contributed by atoms with Crippen LogP contribution in [0.15, 0.2) is 24.3 Å².